The maximum atomic E-state index is 12.9. The van der Waals surface area contributed by atoms with Gasteiger partial charge in [-0.3, -0.25) is 4.79 Å². The van der Waals surface area contributed by atoms with E-state index in [2.05, 4.69) is 22.1 Å². The quantitative estimate of drug-likeness (QED) is 0.800. The fourth-order valence-electron chi connectivity index (χ4n) is 5.30. The van der Waals surface area contributed by atoms with E-state index in [1.165, 1.54) is 11.8 Å². The van der Waals surface area contributed by atoms with Gasteiger partial charge in [-0.2, -0.15) is 5.10 Å². The number of benzene rings is 1. The standard InChI is InChI=1S/C24H29N3O3/c28-23(26-11-1-2-12-26)19-7-3-5-17(13-19)18-6-4-8-20(14-18)27-22(16-9-10-16)21(15-25-27)24(29)30/h4,6,8,14-17,19H,1-3,5,7,9-13H2,(H,29,30). The molecule has 1 saturated heterocycles. The minimum absolute atomic E-state index is 0.135. The molecule has 2 aromatic rings. The lowest BCUT2D eigenvalue weighted by Gasteiger charge is -2.31. The molecule has 2 aliphatic carbocycles. The molecule has 1 N–H and O–H groups in total. The highest BCUT2D eigenvalue weighted by Gasteiger charge is 2.34. The van der Waals surface area contributed by atoms with Gasteiger partial charge >= 0.3 is 5.97 Å². The Morgan fingerprint density at radius 2 is 1.80 bits per heavy atom. The number of nitrogens with zero attached hydrogens (tertiary/aromatic N) is 3. The second kappa shape index (κ2) is 7.89. The first-order valence-corrected chi connectivity index (χ1v) is 11.3. The van der Waals surface area contributed by atoms with Gasteiger partial charge in [-0.05, 0) is 68.6 Å². The van der Waals surface area contributed by atoms with E-state index < -0.39 is 5.97 Å². The number of rotatable bonds is 5. The van der Waals surface area contributed by atoms with E-state index in [0.29, 0.717) is 23.3 Å². The molecule has 1 aliphatic heterocycles. The predicted molar refractivity (Wildman–Crippen MR) is 113 cm³/mol. The summed E-state index contributed by atoms with van der Waals surface area (Å²) in [5.41, 5.74) is 3.30. The van der Waals surface area contributed by atoms with Gasteiger partial charge in [0.2, 0.25) is 5.91 Å². The molecule has 2 atom stereocenters. The van der Waals surface area contributed by atoms with Gasteiger partial charge in [-0.1, -0.05) is 18.6 Å². The molecular formula is C24H29N3O3. The van der Waals surface area contributed by atoms with Crippen molar-refractivity contribution in [2.24, 2.45) is 5.92 Å². The first-order chi connectivity index (χ1) is 14.6. The summed E-state index contributed by atoms with van der Waals surface area (Å²) >= 11 is 0. The van der Waals surface area contributed by atoms with Crippen LogP contribution in [0.5, 0.6) is 0 Å². The van der Waals surface area contributed by atoms with E-state index >= 15 is 0 Å². The average molecular weight is 408 g/mol. The fraction of sp³-hybridized carbons (Fsp3) is 0.542. The normalized spacial score (nSPS) is 24.2. The van der Waals surface area contributed by atoms with Crippen molar-refractivity contribution in [1.82, 2.24) is 14.7 Å². The molecule has 2 heterocycles. The van der Waals surface area contributed by atoms with Crippen LogP contribution < -0.4 is 0 Å². The zero-order valence-corrected chi connectivity index (χ0v) is 17.3. The summed E-state index contributed by atoms with van der Waals surface area (Å²) in [6.45, 7) is 1.84. The predicted octanol–water partition coefficient (Wildman–Crippen LogP) is 4.34. The molecule has 5 rings (SSSR count). The van der Waals surface area contributed by atoms with Crippen molar-refractivity contribution in [2.45, 2.75) is 63.2 Å². The zero-order chi connectivity index (χ0) is 20.7. The zero-order valence-electron chi connectivity index (χ0n) is 17.3. The summed E-state index contributed by atoms with van der Waals surface area (Å²) in [5.74, 6) is 0.238. The van der Waals surface area contributed by atoms with Crippen LogP contribution in [0.25, 0.3) is 5.69 Å². The average Bonchev–Trinajstić information content (AvgIpc) is 3.28. The number of amides is 1. The number of aromatic carboxylic acids is 1. The van der Waals surface area contributed by atoms with Crippen molar-refractivity contribution in [1.29, 1.82) is 0 Å². The lowest BCUT2D eigenvalue weighted by molar-refractivity contribution is -0.135. The highest BCUT2D eigenvalue weighted by molar-refractivity contribution is 5.89. The van der Waals surface area contributed by atoms with E-state index in [4.69, 9.17) is 0 Å². The Kier molecular flexibility index (Phi) is 5.09. The number of carbonyl (C=O) groups is 2. The Morgan fingerprint density at radius 3 is 2.53 bits per heavy atom. The lowest BCUT2D eigenvalue weighted by Crippen LogP contribution is -2.35. The molecule has 1 aromatic heterocycles. The van der Waals surface area contributed by atoms with Crippen molar-refractivity contribution < 1.29 is 14.7 Å². The second-order valence-corrected chi connectivity index (χ2v) is 9.12. The third-order valence-electron chi connectivity index (χ3n) is 7.03. The van der Waals surface area contributed by atoms with Crippen LogP contribution in [0.1, 0.15) is 84.8 Å². The fourth-order valence-corrected chi connectivity index (χ4v) is 5.30. The topological polar surface area (TPSA) is 75.4 Å². The minimum Gasteiger partial charge on any atom is -0.478 e. The molecule has 2 unspecified atom stereocenters. The van der Waals surface area contributed by atoms with Gasteiger partial charge < -0.3 is 10.0 Å². The molecule has 6 heteroatoms. The number of hydrogen-bond donors (Lipinski definition) is 1. The van der Waals surface area contributed by atoms with Gasteiger partial charge in [0.15, 0.2) is 0 Å². The summed E-state index contributed by atoms with van der Waals surface area (Å²) in [7, 11) is 0. The van der Waals surface area contributed by atoms with Crippen molar-refractivity contribution >= 4 is 11.9 Å². The Hall–Kier alpha value is -2.63. The SMILES string of the molecule is O=C(O)c1cnn(-c2cccc(C3CCCC(C(=O)N4CCCC4)C3)c2)c1C1CC1. The van der Waals surface area contributed by atoms with Crippen LogP contribution in [0, 0.1) is 5.92 Å². The number of aromatic nitrogens is 2. The molecule has 2 saturated carbocycles. The maximum absolute atomic E-state index is 12.9. The molecule has 3 fully saturated rings. The van der Waals surface area contributed by atoms with Crippen molar-refractivity contribution in [3.05, 3.63) is 47.3 Å². The molecule has 3 aliphatic rings. The highest BCUT2D eigenvalue weighted by atomic mass is 16.4. The van der Waals surface area contributed by atoms with Gasteiger partial charge in [-0.25, -0.2) is 9.48 Å². The van der Waals surface area contributed by atoms with E-state index in [9.17, 15) is 14.7 Å². The van der Waals surface area contributed by atoms with E-state index in [1.807, 2.05) is 16.8 Å². The summed E-state index contributed by atoms with van der Waals surface area (Å²) in [5, 5.41) is 14.0. The van der Waals surface area contributed by atoms with Crippen LogP contribution in [-0.2, 0) is 4.79 Å². The summed E-state index contributed by atoms with van der Waals surface area (Å²) in [4.78, 5) is 26.6. The van der Waals surface area contributed by atoms with Crippen LogP contribution in [-0.4, -0.2) is 44.8 Å². The third-order valence-corrected chi connectivity index (χ3v) is 7.03. The molecule has 0 bridgehead atoms. The van der Waals surface area contributed by atoms with Gasteiger partial charge in [0, 0.05) is 24.9 Å². The number of carboxylic acids is 1. The molecule has 6 nitrogen and oxygen atoms in total. The van der Waals surface area contributed by atoms with Crippen molar-refractivity contribution in [2.75, 3.05) is 13.1 Å². The Bertz CT molecular complexity index is 956. The molecule has 0 radical (unpaired) electrons. The molecule has 1 aromatic carbocycles. The van der Waals surface area contributed by atoms with Crippen molar-refractivity contribution in [3.8, 4) is 5.69 Å². The number of carbonyl (C=O) groups excluding carboxylic acids is 1. The van der Waals surface area contributed by atoms with Crippen LogP contribution in [0.2, 0.25) is 0 Å². The maximum Gasteiger partial charge on any atom is 0.339 e. The van der Waals surface area contributed by atoms with Crippen molar-refractivity contribution in [3.63, 3.8) is 0 Å². The van der Waals surface area contributed by atoms with Crippen LogP contribution in [0.4, 0.5) is 0 Å². The van der Waals surface area contributed by atoms with Gasteiger partial charge in [0.1, 0.15) is 5.56 Å². The largest absolute Gasteiger partial charge is 0.478 e. The molecule has 158 valence electrons. The first-order valence-electron chi connectivity index (χ1n) is 11.3. The minimum atomic E-state index is -0.908. The van der Waals surface area contributed by atoms with Crippen LogP contribution in [0.15, 0.2) is 30.5 Å². The Labute approximate surface area is 176 Å². The summed E-state index contributed by atoms with van der Waals surface area (Å²) in [6, 6.07) is 8.34. The Morgan fingerprint density at radius 1 is 1.00 bits per heavy atom. The smallest absolute Gasteiger partial charge is 0.339 e. The highest BCUT2D eigenvalue weighted by Crippen LogP contribution is 2.43. The third kappa shape index (κ3) is 3.64. The van der Waals surface area contributed by atoms with Gasteiger partial charge in [-0.15, -0.1) is 0 Å². The van der Waals surface area contributed by atoms with E-state index in [-0.39, 0.29) is 5.92 Å². The summed E-state index contributed by atoms with van der Waals surface area (Å²) in [6.07, 6.45) is 9.88. The van der Waals surface area contributed by atoms with Gasteiger partial charge in [0.05, 0.1) is 17.6 Å². The van der Waals surface area contributed by atoms with Crippen LogP contribution in [0.3, 0.4) is 0 Å². The molecule has 0 spiro atoms. The number of hydrogen-bond acceptors (Lipinski definition) is 3. The molecule has 30 heavy (non-hydrogen) atoms. The lowest BCUT2D eigenvalue weighted by atomic mass is 9.77. The first kappa shape index (κ1) is 19.3. The molecular weight excluding hydrogens is 378 g/mol. The monoisotopic (exact) mass is 407 g/mol. The van der Waals surface area contributed by atoms with Crippen LogP contribution >= 0.6 is 0 Å². The number of carboxylic acid groups (broad SMARTS) is 1. The molecule has 1 amide bonds. The van der Waals surface area contributed by atoms with E-state index in [1.54, 1.807) is 0 Å². The van der Waals surface area contributed by atoms with Gasteiger partial charge in [0.25, 0.3) is 0 Å². The van der Waals surface area contributed by atoms with E-state index in [0.717, 1.165) is 75.8 Å². The second-order valence-electron chi connectivity index (χ2n) is 9.12. The Balaban J connectivity index is 1.39. The summed E-state index contributed by atoms with van der Waals surface area (Å²) < 4.78 is 1.82. The number of likely N-dealkylation sites (tertiary alicyclic amines) is 1.